The molecule has 1 heterocycles. The zero-order valence-electron chi connectivity index (χ0n) is 17.5. The Balaban J connectivity index is 2.08. The summed E-state index contributed by atoms with van der Waals surface area (Å²) in [6.45, 7) is 4.18. The number of para-hydroxylation sites is 1. The molecule has 0 radical (unpaired) electrons. The summed E-state index contributed by atoms with van der Waals surface area (Å²) < 4.78 is 10.1. The number of rotatable bonds is 8. The third kappa shape index (κ3) is 4.59. The van der Waals surface area contributed by atoms with E-state index in [1.165, 1.54) is 18.9 Å². The molecule has 0 aliphatic rings. The molecular weight excluding hydrogens is 380 g/mol. The van der Waals surface area contributed by atoms with Crippen molar-refractivity contribution in [3.63, 3.8) is 0 Å². The molecule has 0 aliphatic heterocycles. The van der Waals surface area contributed by atoms with Crippen molar-refractivity contribution in [1.29, 1.82) is 0 Å². The van der Waals surface area contributed by atoms with Crippen molar-refractivity contribution in [2.24, 2.45) is 0 Å². The fourth-order valence-electron chi connectivity index (χ4n) is 3.28. The van der Waals surface area contributed by atoms with Crippen molar-refractivity contribution >= 4 is 34.2 Å². The molecule has 3 aromatic rings. The van der Waals surface area contributed by atoms with Crippen LogP contribution in [0.5, 0.6) is 0 Å². The van der Waals surface area contributed by atoms with Crippen LogP contribution in [0.15, 0.2) is 48.7 Å². The summed E-state index contributed by atoms with van der Waals surface area (Å²) in [6.07, 6.45) is 4.76. The Kier molecular flexibility index (Phi) is 7.01. The van der Waals surface area contributed by atoms with E-state index in [1.54, 1.807) is 19.1 Å². The first-order valence-corrected chi connectivity index (χ1v) is 10.1. The Bertz CT molecular complexity index is 1050. The normalized spacial score (nSPS) is 10.6. The second kappa shape index (κ2) is 9.87. The molecule has 0 saturated carbocycles. The number of fused-ring (bicyclic) bond motifs is 1. The monoisotopic (exact) mass is 406 g/mol. The van der Waals surface area contributed by atoms with E-state index in [0.29, 0.717) is 27.7 Å². The summed E-state index contributed by atoms with van der Waals surface area (Å²) in [6, 6.07) is 13.3. The number of carbonyl (C=O) groups excluding carboxylic acids is 2. The average molecular weight is 406 g/mol. The maximum Gasteiger partial charge on any atom is 0.341 e. The number of aryl methyl sites for hydroxylation is 1. The Morgan fingerprint density at radius 3 is 2.43 bits per heavy atom. The van der Waals surface area contributed by atoms with E-state index < -0.39 is 11.9 Å². The summed E-state index contributed by atoms with van der Waals surface area (Å²) in [7, 11) is 1.33. The summed E-state index contributed by atoms with van der Waals surface area (Å²) in [4.78, 5) is 29.1. The number of anilines is 2. The number of ether oxygens (including phenoxy) is 2. The van der Waals surface area contributed by atoms with Gasteiger partial charge in [0.25, 0.3) is 0 Å². The smallest absolute Gasteiger partial charge is 0.341 e. The third-order valence-corrected chi connectivity index (χ3v) is 4.84. The van der Waals surface area contributed by atoms with Gasteiger partial charge in [-0.3, -0.25) is 4.98 Å². The van der Waals surface area contributed by atoms with E-state index in [0.717, 1.165) is 24.9 Å². The van der Waals surface area contributed by atoms with Gasteiger partial charge in [-0.2, -0.15) is 0 Å². The first-order valence-electron chi connectivity index (χ1n) is 10.1. The molecule has 1 aromatic heterocycles. The highest BCUT2D eigenvalue weighted by molar-refractivity contribution is 6.11. The van der Waals surface area contributed by atoms with Crippen LogP contribution in [-0.4, -0.2) is 30.6 Å². The van der Waals surface area contributed by atoms with Crippen LogP contribution in [0.4, 0.5) is 11.4 Å². The number of methoxy groups -OCH3 is 1. The lowest BCUT2D eigenvalue weighted by atomic mass is 10.0. The van der Waals surface area contributed by atoms with E-state index in [4.69, 9.17) is 9.47 Å². The van der Waals surface area contributed by atoms with Gasteiger partial charge < -0.3 is 14.8 Å². The standard InChI is InChI=1S/C24H26N2O4/c1-4-6-8-16-11-13-17(14-12-16)26-22-18-9-7-10-19(23(27)29-3)21(18)25-15-20(22)24(28)30-5-2/h7,9-15H,4-6,8H2,1-3H3,(H,25,26). The zero-order chi connectivity index (χ0) is 21.5. The van der Waals surface area contributed by atoms with Gasteiger partial charge in [0.1, 0.15) is 5.56 Å². The fourth-order valence-corrected chi connectivity index (χ4v) is 3.28. The molecular formula is C24H26N2O4. The Labute approximate surface area is 176 Å². The number of nitrogens with one attached hydrogen (secondary N) is 1. The van der Waals surface area contributed by atoms with Gasteiger partial charge in [-0.05, 0) is 43.5 Å². The molecule has 0 amide bonds. The number of hydrogen-bond acceptors (Lipinski definition) is 6. The molecule has 0 saturated heterocycles. The second-order valence-corrected chi connectivity index (χ2v) is 6.89. The lowest BCUT2D eigenvalue weighted by molar-refractivity contribution is 0.0526. The molecule has 0 spiro atoms. The van der Waals surface area contributed by atoms with Crippen LogP contribution >= 0.6 is 0 Å². The minimum atomic E-state index is -0.483. The van der Waals surface area contributed by atoms with Gasteiger partial charge in [-0.1, -0.05) is 37.6 Å². The molecule has 30 heavy (non-hydrogen) atoms. The number of carbonyl (C=O) groups is 2. The van der Waals surface area contributed by atoms with Gasteiger partial charge in [-0.25, -0.2) is 9.59 Å². The van der Waals surface area contributed by atoms with Crippen LogP contribution in [0.3, 0.4) is 0 Å². The molecule has 156 valence electrons. The average Bonchev–Trinajstić information content (AvgIpc) is 2.78. The molecule has 0 aliphatic carbocycles. The number of esters is 2. The molecule has 3 rings (SSSR count). The van der Waals surface area contributed by atoms with Gasteiger partial charge in [0.05, 0.1) is 30.5 Å². The number of pyridine rings is 1. The summed E-state index contributed by atoms with van der Waals surface area (Å²) in [5.74, 6) is -0.958. The van der Waals surface area contributed by atoms with Crippen molar-refractivity contribution in [1.82, 2.24) is 4.98 Å². The minimum absolute atomic E-state index is 0.255. The maximum absolute atomic E-state index is 12.6. The van der Waals surface area contributed by atoms with Gasteiger partial charge in [0, 0.05) is 17.3 Å². The zero-order valence-corrected chi connectivity index (χ0v) is 17.5. The van der Waals surface area contributed by atoms with Crippen LogP contribution < -0.4 is 5.32 Å². The van der Waals surface area contributed by atoms with E-state index in [2.05, 4.69) is 29.4 Å². The number of unbranched alkanes of at least 4 members (excludes halogenated alkanes) is 1. The highest BCUT2D eigenvalue weighted by Gasteiger charge is 2.20. The molecule has 6 nitrogen and oxygen atoms in total. The maximum atomic E-state index is 12.6. The lowest BCUT2D eigenvalue weighted by Gasteiger charge is -2.15. The van der Waals surface area contributed by atoms with E-state index in [-0.39, 0.29) is 6.61 Å². The Morgan fingerprint density at radius 1 is 1.00 bits per heavy atom. The molecule has 2 aromatic carbocycles. The van der Waals surface area contributed by atoms with Crippen LogP contribution in [0.2, 0.25) is 0 Å². The van der Waals surface area contributed by atoms with Crippen molar-refractivity contribution < 1.29 is 19.1 Å². The van der Waals surface area contributed by atoms with Crippen molar-refractivity contribution in [2.75, 3.05) is 19.0 Å². The van der Waals surface area contributed by atoms with Gasteiger partial charge in [0.15, 0.2) is 0 Å². The summed E-state index contributed by atoms with van der Waals surface area (Å²) >= 11 is 0. The van der Waals surface area contributed by atoms with Gasteiger partial charge in [0.2, 0.25) is 0 Å². The predicted molar refractivity (Wildman–Crippen MR) is 117 cm³/mol. The van der Waals surface area contributed by atoms with Gasteiger partial charge >= 0.3 is 11.9 Å². The van der Waals surface area contributed by atoms with Crippen LogP contribution in [0.25, 0.3) is 10.9 Å². The fraction of sp³-hybridized carbons (Fsp3) is 0.292. The second-order valence-electron chi connectivity index (χ2n) is 6.89. The molecule has 1 N–H and O–H groups in total. The third-order valence-electron chi connectivity index (χ3n) is 4.84. The molecule has 0 bridgehead atoms. The molecule has 0 fully saturated rings. The first-order chi connectivity index (χ1) is 14.6. The first kappa shape index (κ1) is 21.3. The summed E-state index contributed by atoms with van der Waals surface area (Å²) in [5.41, 5.74) is 3.74. The van der Waals surface area contributed by atoms with Crippen LogP contribution in [0, 0.1) is 0 Å². The number of aromatic nitrogens is 1. The van der Waals surface area contributed by atoms with Crippen LogP contribution in [0.1, 0.15) is 53.0 Å². The quantitative estimate of drug-likeness (QED) is 0.513. The van der Waals surface area contributed by atoms with E-state index in [1.807, 2.05) is 18.2 Å². The highest BCUT2D eigenvalue weighted by atomic mass is 16.5. The predicted octanol–water partition coefficient (Wildman–Crippen LogP) is 5.28. The number of benzene rings is 2. The van der Waals surface area contributed by atoms with Crippen molar-refractivity contribution in [2.45, 2.75) is 33.1 Å². The van der Waals surface area contributed by atoms with Crippen molar-refractivity contribution in [3.05, 3.63) is 65.4 Å². The number of hydrogen-bond donors (Lipinski definition) is 1. The largest absolute Gasteiger partial charge is 0.465 e. The van der Waals surface area contributed by atoms with Crippen molar-refractivity contribution in [3.8, 4) is 0 Å². The SMILES string of the molecule is CCCCc1ccc(Nc2c(C(=O)OCC)cnc3c(C(=O)OC)cccc23)cc1. The molecule has 6 heteroatoms. The molecule has 0 unspecified atom stereocenters. The Hall–Kier alpha value is -3.41. The van der Waals surface area contributed by atoms with Gasteiger partial charge in [-0.15, -0.1) is 0 Å². The van der Waals surface area contributed by atoms with E-state index >= 15 is 0 Å². The van der Waals surface area contributed by atoms with Crippen LogP contribution in [-0.2, 0) is 15.9 Å². The highest BCUT2D eigenvalue weighted by Crippen LogP contribution is 2.31. The topological polar surface area (TPSA) is 77.5 Å². The van der Waals surface area contributed by atoms with E-state index in [9.17, 15) is 9.59 Å². The Morgan fingerprint density at radius 2 is 1.77 bits per heavy atom. The lowest BCUT2D eigenvalue weighted by Crippen LogP contribution is -2.10. The minimum Gasteiger partial charge on any atom is -0.465 e. The summed E-state index contributed by atoms with van der Waals surface area (Å²) in [5, 5.41) is 3.97. The number of nitrogens with zero attached hydrogens (tertiary/aromatic N) is 1. The molecule has 0 atom stereocenters.